The number of hydrogen-bond donors (Lipinski definition) is 1. The lowest BCUT2D eigenvalue weighted by Gasteiger charge is -2.31. The van der Waals surface area contributed by atoms with Crippen LogP contribution in [0.5, 0.6) is 0 Å². The molecule has 1 aliphatic rings. The van der Waals surface area contributed by atoms with E-state index in [-0.39, 0.29) is 5.91 Å². The maximum atomic E-state index is 12.7. The molecule has 0 atom stereocenters. The molecule has 4 heterocycles. The number of carbonyl (C=O) groups excluding carboxylic acids is 1. The van der Waals surface area contributed by atoms with E-state index in [1.165, 1.54) is 5.69 Å². The van der Waals surface area contributed by atoms with Crippen LogP contribution in [0.4, 0.5) is 0 Å². The van der Waals surface area contributed by atoms with Gasteiger partial charge in [0.25, 0.3) is 5.91 Å². The molecule has 0 spiro atoms. The molecule has 0 unspecified atom stereocenters. The summed E-state index contributed by atoms with van der Waals surface area (Å²) in [6, 6.07) is 4.35. The summed E-state index contributed by atoms with van der Waals surface area (Å²) in [7, 11) is 0. The number of likely N-dealkylation sites (tertiary alicyclic amines) is 1. The molecule has 0 bridgehead atoms. The number of hydrogen-bond acceptors (Lipinski definition) is 4. The van der Waals surface area contributed by atoms with Gasteiger partial charge in [-0.1, -0.05) is 5.16 Å². The van der Waals surface area contributed by atoms with Gasteiger partial charge in [0, 0.05) is 36.3 Å². The van der Waals surface area contributed by atoms with Gasteiger partial charge in [0.1, 0.15) is 17.0 Å². The quantitative estimate of drug-likeness (QED) is 0.776. The fourth-order valence-electron chi connectivity index (χ4n) is 3.71. The number of aryl methyl sites for hydroxylation is 3. The average Bonchev–Trinajstić information content (AvgIpc) is 3.17. The molecule has 6 heteroatoms. The molecule has 4 rings (SSSR count). The zero-order chi connectivity index (χ0) is 17.6. The van der Waals surface area contributed by atoms with Crippen LogP contribution < -0.4 is 0 Å². The second kappa shape index (κ2) is 6.02. The van der Waals surface area contributed by atoms with Crippen LogP contribution in [-0.2, 0) is 0 Å². The molecule has 3 aromatic heterocycles. The predicted octanol–water partition coefficient (Wildman–Crippen LogP) is 3.50. The lowest BCUT2D eigenvalue weighted by Crippen LogP contribution is -2.38. The Morgan fingerprint density at radius 1 is 1.24 bits per heavy atom. The summed E-state index contributed by atoms with van der Waals surface area (Å²) >= 11 is 0. The minimum atomic E-state index is 0.0311. The number of fused-ring (bicyclic) bond motifs is 1. The number of aromatic nitrogens is 3. The van der Waals surface area contributed by atoms with Gasteiger partial charge in [-0.25, -0.2) is 4.98 Å². The molecule has 0 saturated carbocycles. The van der Waals surface area contributed by atoms with E-state index in [1.54, 1.807) is 6.92 Å². The number of piperidine rings is 1. The van der Waals surface area contributed by atoms with Crippen molar-refractivity contribution in [1.82, 2.24) is 20.0 Å². The maximum Gasteiger partial charge on any atom is 0.259 e. The summed E-state index contributed by atoms with van der Waals surface area (Å²) in [6.07, 6.45) is 3.77. The number of carbonyl (C=O) groups is 1. The van der Waals surface area contributed by atoms with Crippen molar-refractivity contribution in [2.75, 3.05) is 13.1 Å². The van der Waals surface area contributed by atoms with Crippen LogP contribution in [0.15, 0.2) is 22.9 Å². The largest absolute Gasteiger partial charge is 0.361 e. The monoisotopic (exact) mass is 338 g/mol. The predicted molar refractivity (Wildman–Crippen MR) is 94.7 cm³/mol. The third-order valence-corrected chi connectivity index (χ3v) is 5.10. The lowest BCUT2D eigenvalue weighted by atomic mass is 9.93. The van der Waals surface area contributed by atoms with Crippen LogP contribution in [-0.4, -0.2) is 39.0 Å². The number of nitrogens with one attached hydrogen (secondary N) is 1. The van der Waals surface area contributed by atoms with E-state index in [4.69, 9.17) is 4.52 Å². The number of rotatable bonds is 2. The second-order valence-corrected chi connectivity index (χ2v) is 6.94. The Morgan fingerprint density at radius 3 is 2.68 bits per heavy atom. The second-order valence-electron chi connectivity index (χ2n) is 6.94. The Kier molecular flexibility index (Phi) is 3.82. The smallest absolute Gasteiger partial charge is 0.259 e. The number of nitrogens with zero attached hydrogens (tertiary/aromatic N) is 3. The van der Waals surface area contributed by atoms with Gasteiger partial charge in [-0.2, -0.15) is 0 Å². The first-order chi connectivity index (χ1) is 12.0. The molecule has 6 nitrogen and oxygen atoms in total. The van der Waals surface area contributed by atoms with E-state index in [2.05, 4.69) is 34.2 Å². The molecule has 0 aliphatic carbocycles. The number of H-pyrrole nitrogens is 1. The lowest BCUT2D eigenvalue weighted by molar-refractivity contribution is 0.0710. The Bertz CT molecular complexity index is 913. The van der Waals surface area contributed by atoms with Gasteiger partial charge in [0.15, 0.2) is 0 Å². The topological polar surface area (TPSA) is 75.0 Å². The van der Waals surface area contributed by atoms with E-state index >= 15 is 0 Å². The van der Waals surface area contributed by atoms with Crippen LogP contribution >= 0.6 is 0 Å². The zero-order valence-corrected chi connectivity index (χ0v) is 14.8. The van der Waals surface area contributed by atoms with Gasteiger partial charge in [0.05, 0.1) is 5.69 Å². The van der Waals surface area contributed by atoms with E-state index in [0.717, 1.165) is 42.5 Å². The summed E-state index contributed by atoms with van der Waals surface area (Å²) in [5, 5.41) is 5.05. The molecule has 0 aromatic carbocycles. The Labute approximate surface area is 146 Å². The highest BCUT2D eigenvalue weighted by molar-refractivity contribution is 5.96. The molecule has 130 valence electrons. The highest BCUT2D eigenvalue weighted by Crippen LogP contribution is 2.30. The van der Waals surface area contributed by atoms with Gasteiger partial charge in [-0.15, -0.1) is 0 Å². The molecular weight excluding hydrogens is 316 g/mol. The van der Waals surface area contributed by atoms with Crippen molar-refractivity contribution >= 4 is 16.9 Å². The summed E-state index contributed by atoms with van der Waals surface area (Å²) in [6.45, 7) is 7.15. The van der Waals surface area contributed by atoms with Gasteiger partial charge >= 0.3 is 0 Å². The fourth-order valence-corrected chi connectivity index (χ4v) is 3.71. The number of aromatic amines is 1. The van der Waals surface area contributed by atoms with Gasteiger partial charge in [-0.05, 0) is 51.3 Å². The van der Waals surface area contributed by atoms with E-state index in [0.29, 0.717) is 22.9 Å². The van der Waals surface area contributed by atoms with Crippen molar-refractivity contribution in [3.05, 3.63) is 46.6 Å². The van der Waals surface area contributed by atoms with Crippen molar-refractivity contribution in [2.24, 2.45) is 0 Å². The third-order valence-electron chi connectivity index (χ3n) is 5.10. The van der Waals surface area contributed by atoms with Crippen LogP contribution in [0, 0.1) is 20.8 Å². The summed E-state index contributed by atoms with van der Waals surface area (Å²) < 4.78 is 5.13. The molecule has 1 amide bonds. The Morgan fingerprint density at radius 2 is 2.00 bits per heavy atom. The summed E-state index contributed by atoms with van der Waals surface area (Å²) in [4.78, 5) is 22.5. The number of amides is 1. The standard InChI is InChI=1S/C19H22N4O2/c1-11-8-15-9-16(21-18(15)20-10-11)14-4-6-23(7-5-14)19(24)17-12(2)22-25-13(17)3/h8-10,14H,4-7H2,1-3H3,(H,20,21). The van der Waals surface area contributed by atoms with Crippen molar-refractivity contribution in [1.29, 1.82) is 0 Å². The van der Waals surface area contributed by atoms with Crippen LogP contribution in [0.2, 0.25) is 0 Å². The average molecular weight is 338 g/mol. The first-order valence-corrected chi connectivity index (χ1v) is 8.70. The van der Waals surface area contributed by atoms with Crippen molar-refractivity contribution < 1.29 is 9.32 Å². The van der Waals surface area contributed by atoms with Crippen LogP contribution in [0.1, 0.15) is 51.8 Å². The highest BCUT2D eigenvalue weighted by atomic mass is 16.5. The SMILES string of the molecule is Cc1cnc2[nH]c(C3CCN(C(=O)c4c(C)noc4C)CC3)cc2c1. The molecule has 1 aliphatic heterocycles. The highest BCUT2D eigenvalue weighted by Gasteiger charge is 2.28. The molecule has 1 N–H and O–H groups in total. The molecule has 1 saturated heterocycles. The third kappa shape index (κ3) is 2.81. The molecular formula is C19H22N4O2. The van der Waals surface area contributed by atoms with Gasteiger partial charge in [0.2, 0.25) is 0 Å². The Balaban J connectivity index is 1.48. The summed E-state index contributed by atoms with van der Waals surface area (Å²) in [5.41, 5.74) is 4.61. The van der Waals surface area contributed by atoms with E-state index < -0.39 is 0 Å². The first kappa shape index (κ1) is 15.9. The molecule has 25 heavy (non-hydrogen) atoms. The van der Waals surface area contributed by atoms with Crippen LogP contribution in [0.25, 0.3) is 11.0 Å². The minimum absolute atomic E-state index is 0.0311. The van der Waals surface area contributed by atoms with E-state index in [9.17, 15) is 4.79 Å². The number of pyridine rings is 1. The minimum Gasteiger partial charge on any atom is -0.361 e. The van der Waals surface area contributed by atoms with Crippen molar-refractivity contribution in [2.45, 2.75) is 39.5 Å². The zero-order valence-electron chi connectivity index (χ0n) is 14.8. The Hall–Kier alpha value is -2.63. The van der Waals surface area contributed by atoms with Crippen LogP contribution in [0.3, 0.4) is 0 Å². The molecule has 1 fully saturated rings. The maximum absolute atomic E-state index is 12.7. The van der Waals surface area contributed by atoms with Gasteiger partial charge in [-0.3, -0.25) is 4.79 Å². The summed E-state index contributed by atoms with van der Waals surface area (Å²) in [5.74, 6) is 1.06. The van der Waals surface area contributed by atoms with Crippen molar-refractivity contribution in [3.63, 3.8) is 0 Å². The fraction of sp³-hybridized carbons (Fsp3) is 0.421. The normalized spacial score (nSPS) is 15.9. The first-order valence-electron chi connectivity index (χ1n) is 8.70. The van der Waals surface area contributed by atoms with E-state index in [1.807, 2.05) is 18.0 Å². The van der Waals surface area contributed by atoms with Crippen molar-refractivity contribution in [3.8, 4) is 0 Å². The molecule has 0 radical (unpaired) electrons. The van der Waals surface area contributed by atoms with Gasteiger partial charge < -0.3 is 14.4 Å². The molecule has 3 aromatic rings.